The number of alkyl halides is 1. The van der Waals surface area contributed by atoms with Gasteiger partial charge in [0.1, 0.15) is 25.4 Å². The fourth-order valence-electron chi connectivity index (χ4n) is 2.86. The normalized spacial score (nSPS) is 13.8. The Morgan fingerprint density at radius 1 is 1.13 bits per heavy atom. The van der Waals surface area contributed by atoms with Crippen molar-refractivity contribution in [2.24, 2.45) is 5.92 Å². The first-order valence-corrected chi connectivity index (χ1v) is 10.4. The summed E-state index contributed by atoms with van der Waals surface area (Å²) in [6.07, 6.45) is -1.78. The first kappa shape index (κ1) is 26.4. The monoisotopic (exact) mass is 439 g/mol. The molecule has 3 atom stereocenters. The molecule has 0 aliphatic heterocycles. The van der Waals surface area contributed by atoms with Crippen molar-refractivity contribution in [3.63, 3.8) is 0 Å². The lowest BCUT2D eigenvalue weighted by Crippen LogP contribution is -2.53. The standard InChI is InChI=1S/C22H34FN3O5/c1-15(2)12-18(25-22(30)31-14-16-8-6-5-7-9-16)21(29)24-17(19(27)13-23)10-11-20(28)26(3)4/h5-9,15,17-19,27H,10-14H2,1-4H3,(H,24,29)(H,25,30)/t17?,18-,19?/m0/s1. The summed E-state index contributed by atoms with van der Waals surface area (Å²) in [6, 6.07) is 7.22. The Morgan fingerprint density at radius 3 is 2.32 bits per heavy atom. The largest absolute Gasteiger partial charge is 0.445 e. The van der Waals surface area contributed by atoms with Gasteiger partial charge < -0.3 is 25.4 Å². The van der Waals surface area contributed by atoms with E-state index in [9.17, 15) is 23.9 Å². The Balaban J connectivity index is 2.74. The molecule has 3 N–H and O–H groups in total. The Hall–Kier alpha value is -2.68. The van der Waals surface area contributed by atoms with Gasteiger partial charge in [0.05, 0.1) is 6.04 Å². The third-order valence-corrected chi connectivity index (χ3v) is 4.65. The van der Waals surface area contributed by atoms with Crippen molar-refractivity contribution in [2.45, 2.75) is 57.9 Å². The summed E-state index contributed by atoms with van der Waals surface area (Å²) in [5.74, 6) is -0.697. The molecule has 3 amide bonds. The van der Waals surface area contributed by atoms with Gasteiger partial charge in [-0.3, -0.25) is 9.59 Å². The molecule has 2 unspecified atom stereocenters. The molecule has 0 radical (unpaired) electrons. The van der Waals surface area contributed by atoms with E-state index in [2.05, 4.69) is 10.6 Å². The number of benzene rings is 1. The second kappa shape index (κ2) is 13.6. The van der Waals surface area contributed by atoms with E-state index in [-0.39, 0.29) is 31.3 Å². The number of nitrogens with one attached hydrogen (secondary N) is 2. The van der Waals surface area contributed by atoms with Crippen LogP contribution in [-0.4, -0.2) is 66.9 Å². The van der Waals surface area contributed by atoms with Gasteiger partial charge in [0.15, 0.2) is 0 Å². The maximum absolute atomic E-state index is 13.1. The lowest BCUT2D eigenvalue weighted by Gasteiger charge is -2.26. The lowest BCUT2D eigenvalue weighted by atomic mass is 10.0. The zero-order valence-corrected chi connectivity index (χ0v) is 18.6. The van der Waals surface area contributed by atoms with Crippen molar-refractivity contribution in [1.82, 2.24) is 15.5 Å². The molecule has 1 aromatic rings. The summed E-state index contributed by atoms with van der Waals surface area (Å²) in [4.78, 5) is 38.2. The summed E-state index contributed by atoms with van der Waals surface area (Å²) in [5, 5.41) is 15.1. The molecule has 0 saturated carbocycles. The van der Waals surface area contributed by atoms with Crippen LogP contribution in [0.1, 0.15) is 38.7 Å². The second-order valence-electron chi connectivity index (χ2n) is 8.05. The molecular weight excluding hydrogens is 405 g/mol. The third kappa shape index (κ3) is 10.3. The van der Waals surface area contributed by atoms with Crippen LogP contribution >= 0.6 is 0 Å². The number of aliphatic hydroxyl groups excluding tert-OH is 1. The van der Waals surface area contributed by atoms with E-state index in [1.165, 1.54) is 4.90 Å². The number of rotatable bonds is 12. The maximum atomic E-state index is 13.1. The summed E-state index contributed by atoms with van der Waals surface area (Å²) in [5.41, 5.74) is 0.805. The average Bonchev–Trinajstić information content (AvgIpc) is 2.74. The molecule has 0 spiro atoms. The molecule has 0 aliphatic carbocycles. The van der Waals surface area contributed by atoms with E-state index in [1.807, 2.05) is 44.2 Å². The Kier molecular flexibility index (Phi) is 11.6. The van der Waals surface area contributed by atoms with E-state index in [4.69, 9.17) is 4.74 Å². The van der Waals surface area contributed by atoms with Crippen LogP contribution in [0.25, 0.3) is 0 Å². The van der Waals surface area contributed by atoms with Gasteiger partial charge in [-0.25, -0.2) is 9.18 Å². The molecule has 0 heterocycles. The molecule has 8 nitrogen and oxygen atoms in total. The van der Waals surface area contributed by atoms with Crippen molar-refractivity contribution in [3.8, 4) is 0 Å². The van der Waals surface area contributed by atoms with Crippen LogP contribution < -0.4 is 10.6 Å². The molecule has 0 bridgehead atoms. The van der Waals surface area contributed by atoms with Crippen LogP contribution in [-0.2, 0) is 20.9 Å². The quantitative estimate of drug-likeness (QED) is 0.462. The molecule has 31 heavy (non-hydrogen) atoms. The molecular formula is C22H34FN3O5. The van der Waals surface area contributed by atoms with Crippen LogP contribution in [0.5, 0.6) is 0 Å². The smallest absolute Gasteiger partial charge is 0.408 e. The molecule has 174 valence electrons. The Labute approximate surface area is 183 Å². The van der Waals surface area contributed by atoms with Gasteiger partial charge in [-0.2, -0.15) is 0 Å². The zero-order valence-electron chi connectivity index (χ0n) is 18.6. The van der Waals surface area contributed by atoms with Gasteiger partial charge in [0.2, 0.25) is 11.8 Å². The predicted molar refractivity (Wildman–Crippen MR) is 115 cm³/mol. The molecule has 1 aromatic carbocycles. The fourth-order valence-corrected chi connectivity index (χ4v) is 2.86. The Morgan fingerprint density at radius 2 is 1.77 bits per heavy atom. The SMILES string of the molecule is CC(C)C[C@H](NC(=O)OCc1ccccc1)C(=O)NC(CCC(=O)N(C)C)C(O)CF. The van der Waals surface area contributed by atoms with Gasteiger partial charge >= 0.3 is 6.09 Å². The number of amides is 3. The van der Waals surface area contributed by atoms with Gasteiger partial charge in [0, 0.05) is 20.5 Å². The second-order valence-corrected chi connectivity index (χ2v) is 8.05. The molecule has 0 aliphatic rings. The highest BCUT2D eigenvalue weighted by molar-refractivity contribution is 5.86. The molecule has 1 rings (SSSR count). The highest BCUT2D eigenvalue weighted by Gasteiger charge is 2.28. The number of nitrogens with zero attached hydrogens (tertiary/aromatic N) is 1. The first-order valence-electron chi connectivity index (χ1n) is 10.4. The van der Waals surface area contributed by atoms with Gasteiger partial charge in [0.25, 0.3) is 0 Å². The minimum absolute atomic E-state index is 0.0381. The molecule has 9 heteroatoms. The van der Waals surface area contributed by atoms with Crippen LogP contribution in [0.15, 0.2) is 30.3 Å². The maximum Gasteiger partial charge on any atom is 0.408 e. The van der Waals surface area contributed by atoms with Gasteiger partial charge in [-0.15, -0.1) is 0 Å². The summed E-state index contributed by atoms with van der Waals surface area (Å²) >= 11 is 0. The first-order chi connectivity index (χ1) is 14.6. The van der Waals surface area contributed by atoms with Crippen LogP contribution in [0.2, 0.25) is 0 Å². The lowest BCUT2D eigenvalue weighted by molar-refractivity contribution is -0.130. The number of alkyl carbamates (subject to hydrolysis) is 1. The van der Waals surface area contributed by atoms with E-state index in [1.54, 1.807) is 14.1 Å². The molecule has 0 saturated heterocycles. The number of carbonyl (C=O) groups excluding carboxylic acids is 3. The van der Waals surface area contributed by atoms with Crippen molar-refractivity contribution < 1.29 is 28.6 Å². The molecule has 0 fully saturated rings. The topological polar surface area (TPSA) is 108 Å². The van der Waals surface area contributed by atoms with Crippen molar-refractivity contribution in [2.75, 3.05) is 20.8 Å². The minimum atomic E-state index is -1.45. The van der Waals surface area contributed by atoms with E-state index >= 15 is 0 Å². The van der Waals surface area contributed by atoms with Gasteiger partial charge in [-0.05, 0) is 24.3 Å². The summed E-state index contributed by atoms with van der Waals surface area (Å²) < 4.78 is 18.2. The minimum Gasteiger partial charge on any atom is -0.445 e. The number of ether oxygens (including phenoxy) is 1. The van der Waals surface area contributed by atoms with Crippen LogP contribution in [0.3, 0.4) is 0 Å². The fraction of sp³-hybridized carbons (Fsp3) is 0.591. The Bertz CT molecular complexity index is 700. The third-order valence-electron chi connectivity index (χ3n) is 4.65. The number of halogens is 1. The number of hydrogen-bond acceptors (Lipinski definition) is 5. The van der Waals surface area contributed by atoms with Crippen molar-refractivity contribution >= 4 is 17.9 Å². The highest BCUT2D eigenvalue weighted by atomic mass is 19.1. The van der Waals surface area contributed by atoms with E-state index in [0.717, 1.165) is 5.56 Å². The highest BCUT2D eigenvalue weighted by Crippen LogP contribution is 2.10. The summed E-state index contributed by atoms with van der Waals surface area (Å²) in [7, 11) is 3.18. The van der Waals surface area contributed by atoms with Crippen molar-refractivity contribution in [3.05, 3.63) is 35.9 Å². The van der Waals surface area contributed by atoms with E-state index < -0.39 is 36.9 Å². The van der Waals surface area contributed by atoms with Crippen LogP contribution in [0, 0.1) is 5.92 Å². The number of aliphatic hydroxyl groups is 1. The summed E-state index contributed by atoms with van der Waals surface area (Å²) in [6.45, 7) is 2.77. The van der Waals surface area contributed by atoms with Crippen LogP contribution in [0.4, 0.5) is 9.18 Å². The van der Waals surface area contributed by atoms with Crippen molar-refractivity contribution in [1.29, 1.82) is 0 Å². The number of hydrogen-bond donors (Lipinski definition) is 3. The predicted octanol–water partition coefficient (Wildman–Crippen LogP) is 2.01. The average molecular weight is 440 g/mol. The zero-order chi connectivity index (χ0) is 23.4. The van der Waals surface area contributed by atoms with E-state index in [0.29, 0.717) is 6.42 Å². The number of carbonyl (C=O) groups is 3. The van der Waals surface area contributed by atoms with Gasteiger partial charge in [-0.1, -0.05) is 44.2 Å². The molecule has 0 aromatic heterocycles.